The molecule has 0 fully saturated rings. The highest BCUT2D eigenvalue weighted by atomic mass is 127. The van der Waals surface area contributed by atoms with Crippen molar-refractivity contribution in [3.63, 3.8) is 0 Å². The van der Waals surface area contributed by atoms with Crippen molar-refractivity contribution in [3.8, 4) is 0 Å². The lowest BCUT2D eigenvalue weighted by Gasteiger charge is -2.22. The second kappa shape index (κ2) is 7.46. The van der Waals surface area contributed by atoms with Crippen molar-refractivity contribution in [2.45, 2.75) is 13.1 Å². The van der Waals surface area contributed by atoms with Crippen LogP contribution in [0.3, 0.4) is 0 Å². The predicted octanol–water partition coefficient (Wildman–Crippen LogP) is 4.73. The Kier molecular flexibility index (Phi) is 5.12. The molecule has 3 aromatic rings. The summed E-state index contributed by atoms with van der Waals surface area (Å²) in [4.78, 5) is 14.8. The SMILES string of the molecule is O=C(c1ccccc1I)N(Cc1ccccc1)Cc1ccco1. The third kappa shape index (κ3) is 4.01. The average molecular weight is 417 g/mol. The van der Waals surface area contributed by atoms with E-state index in [9.17, 15) is 4.79 Å². The van der Waals surface area contributed by atoms with Crippen molar-refractivity contribution in [3.05, 3.63) is 93.5 Å². The molecule has 116 valence electrons. The van der Waals surface area contributed by atoms with Gasteiger partial charge in [0.2, 0.25) is 0 Å². The molecule has 1 heterocycles. The third-order valence-corrected chi connectivity index (χ3v) is 4.48. The van der Waals surface area contributed by atoms with Crippen LogP contribution in [-0.4, -0.2) is 10.8 Å². The number of benzene rings is 2. The van der Waals surface area contributed by atoms with Crippen LogP contribution in [0.25, 0.3) is 0 Å². The topological polar surface area (TPSA) is 33.5 Å². The Bertz CT molecular complexity index is 769. The zero-order chi connectivity index (χ0) is 16.1. The Hall–Kier alpha value is -2.08. The van der Waals surface area contributed by atoms with E-state index >= 15 is 0 Å². The summed E-state index contributed by atoms with van der Waals surface area (Å²) in [5.41, 5.74) is 1.81. The van der Waals surface area contributed by atoms with Gasteiger partial charge >= 0.3 is 0 Å². The van der Waals surface area contributed by atoms with E-state index in [1.165, 1.54) is 0 Å². The molecule has 3 nitrogen and oxygen atoms in total. The Labute approximate surface area is 149 Å². The Balaban J connectivity index is 1.88. The molecule has 1 aromatic heterocycles. The molecule has 0 bridgehead atoms. The number of hydrogen-bond donors (Lipinski definition) is 0. The summed E-state index contributed by atoms with van der Waals surface area (Å²) in [5, 5.41) is 0. The van der Waals surface area contributed by atoms with Gasteiger partial charge in [-0.05, 0) is 52.4 Å². The van der Waals surface area contributed by atoms with E-state index in [0.29, 0.717) is 13.1 Å². The van der Waals surface area contributed by atoms with E-state index in [0.717, 1.165) is 20.5 Å². The normalized spacial score (nSPS) is 10.5. The smallest absolute Gasteiger partial charge is 0.255 e. The van der Waals surface area contributed by atoms with Crippen LogP contribution in [0.5, 0.6) is 0 Å². The molecule has 2 aromatic carbocycles. The monoisotopic (exact) mass is 417 g/mol. The molecule has 0 unspecified atom stereocenters. The molecule has 0 N–H and O–H groups in total. The molecule has 23 heavy (non-hydrogen) atoms. The Morgan fingerprint density at radius 1 is 0.913 bits per heavy atom. The molecule has 0 aliphatic rings. The summed E-state index contributed by atoms with van der Waals surface area (Å²) in [7, 11) is 0. The third-order valence-electron chi connectivity index (χ3n) is 3.53. The molecule has 3 rings (SSSR count). The van der Waals surface area contributed by atoms with Gasteiger partial charge in [-0.1, -0.05) is 42.5 Å². The van der Waals surface area contributed by atoms with Crippen molar-refractivity contribution in [1.82, 2.24) is 4.90 Å². The number of halogens is 1. The number of carbonyl (C=O) groups excluding carboxylic acids is 1. The number of amides is 1. The van der Waals surface area contributed by atoms with Gasteiger partial charge in [0.25, 0.3) is 5.91 Å². The number of nitrogens with zero attached hydrogens (tertiary/aromatic N) is 1. The van der Waals surface area contributed by atoms with Gasteiger partial charge in [0.15, 0.2) is 0 Å². The minimum absolute atomic E-state index is 0.00949. The summed E-state index contributed by atoms with van der Waals surface area (Å²) in [6, 6.07) is 21.4. The first-order valence-corrected chi connectivity index (χ1v) is 8.42. The van der Waals surface area contributed by atoms with E-state index in [4.69, 9.17) is 4.42 Å². The quantitative estimate of drug-likeness (QED) is 0.563. The van der Waals surface area contributed by atoms with Crippen molar-refractivity contribution in [2.75, 3.05) is 0 Å². The molecular formula is C19H16INO2. The summed E-state index contributed by atoms with van der Waals surface area (Å²) in [6.45, 7) is 0.997. The fraction of sp³-hybridized carbons (Fsp3) is 0.105. The number of carbonyl (C=O) groups is 1. The Morgan fingerprint density at radius 2 is 1.65 bits per heavy atom. The first-order chi connectivity index (χ1) is 11.2. The summed E-state index contributed by atoms with van der Waals surface area (Å²) in [6.07, 6.45) is 1.63. The van der Waals surface area contributed by atoms with E-state index in [-0.39, 0.29) is 5.91 Å². The van der Waals surface area contributed by atoms with Crippen LogP contribution in [0.2, 0.25) is 0 Å². The fourth-order valence-electron chi connectivity index (χ4n) is 2.40. The van der Waals surface area contributed by atoms with Gasteiger partial charge in [-0.15, -0.1) is 0 Å². The van der Waals surface area contributed by atoms with Gasteiger partial charge in [-0.3, -0.25) is 4.79 Å². The van der Waals surface area contributed by atoms with E-state index in [2.05, 4.69) is 22.6 Å². The molecule has 1 amide bonds. The van der Waals surface area contributed by atoms with Gasteiger partial charge in [0.05, 0.1) is 18.4 Å². The molecule has 0 radical (unpaired) electrons. The molecule has 0 saturated heterocycles. The summed E-state index contributed by atoms with van der Waals surface area (Å²) >= 11 is 2.20. The molecule has 4 heteroatoms. The van der Waals surface area contributed by atoms with Crippen molar-refractivity contribution < 1.29 is 9.21 Å². The molecule has 0 saturated carbocycles. The van der Waals surface area contributed by atoms with E-state index in [1.807, 2.05) is 71.6 Å². The van der Waals surface area contributed by atoms with Crippen LogP contribution >= 0.6 is 22.6 Å². The van der Waals surface area contributed by atoms with Gasteiger partial charge in [0, 0.05) is 10.1 Å². The summed E-state index contributed by atoms with van der Waals surface area (Å²) in [5.74, 6) is 0.787. The van der Waals surface area contributed by atoms with Gasteiger partial charge in [-0.2, -0.15) is 0 Å². The maximum atomic E-state index is 13.0. The fourth-order valence-corrected chi connectivity index (χ4v) is 3.02. The minimum Gasteiger partial charge on any atom is -0.467 e. The van der Waals surface area contributed by atoms with Gasteiger partial charge < -0.3 is 9.32 Å². The second-order valence-electron chi connectivity index (χ2n) is 5.21. The van der Waals surface area contributed by atoms with Crippen molar-refractivity contribution in [1.29, 1.82) is 0 Å². The van der Waals surface area contributed by atoms with Crippen LogP contribution in [0.1, 0.15) is 21.7 Å². The highest BCUT2D eigenvalue weighted by molar-refractivity contribution is 14.1. The van der Waals surface area contributed by atoms with Gasteiger partial charge in [-0.25, -0.2) is 0 Å². The second-order valence-corrected chi connectivity index (χ2v) is 6.37. The Morgan fingerprint density at radius 3 is 2.35 bits per heavy atom. The molecule has 0 aliphatic carbocycles. The molecular weight excluding hydrogens is 401 g/mol. The predicted molar refractivity (Wildman–Crippen MR) is 97.9 cm³/mol. The maximum absolute atomic E-state index is 13.0. The first kappa shape index (κ1) is 15.8. The van der Waals surface area contributed by atoms with E-state index < -0.39 is 0 Å². The number of furan rings is 1. The number of hydrogen-bond acceptors (Lipinski definition) is 2. The minimum atomic E-state index is 0.00949. The molecule has 0 aliphatic heterocycles. The summed E-state index contributed by atoms with van der Waals surface area (Å²) < 4.78 is 6.37. The highest BCUT2D eigenvalue weighted by Crippen LogP contribution is 2.18. The lowest BCUT2D eigenvalue weighted by Crippen LogP contribution is -2.30. The van der Waals surface area contributed by atoms with Crippen LogP contribution in [-0.2, 0) is 13.1 Å². The lowest BCUT2D eigenvalue weighted by molar-refractivity contribution is 0.0716. The van der Waals surface area contributed by atoms with Crippen molar-refractivity contribution in [2.24, 2.45) is 0 Å². The largest absolute Gasteiger partial charge is 0.467 e. The van der Waals surface area contributed by atoms with Crippen LogP contribution in [0.15, 0.2) is 77.4 Å². The maximum Gasteiger partial charge on any atom is 0.255 e. The van der Waals surface area contributed by atoms with Crippen LogP contribution in [0, 0.1) is 3.57 Å². The first-order valence-electron chi connectivity index (χ1n) is 7.34. The zero-order valence-corrected chi connectivity index (χ0v) is 14.6. The van der Waals surface area contributed by atoms with Crippen molar-refractivity contribution >= 4 is 28.5 Å². The number of rotatable bonds is 5. The molecule has 0 spiro atoms. The highest BCUT2D eigenvalue weighted by Gasteiger charge is 2.19. The zero-order valence-electron chi connectivity index (χ0n) is 12.5. The standard InChI is InChI=1S/C19H16INO2/c20-18-11-5-4-10-17(18)19(22)21(14-16-9-6-12-23-16)13-15-7-2-1-3-8-15/h1-12H,13-14H2. The van der Waals surface area contributed by atoms with E-state index in [1.54, 1.807) is 6.26 Å². The van der Waals surface area contributed by atoms with Gasteiger partial charge in [0.1, 0.15) is 5.76 Å². The van der Waals surface area contributed by atoms with Crippen LogP contribution < -0.4 is 0 Å². The molecule has 0 atom stereocenters. The lowest BCUT2D eigenvalue weighted by atomic mass is 10.1. The average Bonchev–Trinajstić information content (AvgIpc) is 3.08. The van der Waals surface area contributed by atoms with Crippen LogP contribution in [0.4, 0.5) is 0 Å².